The maximum atomic E-state index is 15.1. The lowest BCUT2D eigenvalue weighted by Gasteiger charge is -2.39. The number of hydrogen-bond donors (Lipinski definition) is 5. The molecule has 3 aliphatic rings. The highest BCUT2D eigenvalue weighted by molar-refractivity contribution is 6.74. The van der Waals surface area contributed by atoms with Gasteiger partial charge < -0.3 is 51.2 Å². The van der Waals surface area contributed by atoms with Gasteiger partial charge in [-0.15, -0.1) is 26.9 Å². The molecule has 12 aromatic heterocycles. The Morgan fingerprint density at radius 3 is 1.05 bits per heavy atom. The van der Waals surface area contributed by atoms with Crippen molar-refractivity contribution >= 4 is 113 Å². The predicted octanol–water partition coefficient (Wildman–Crippen LogP) is 12.1. The van der Waals surface area contributed by atoms with Gasteiger partial charge in [-0.25, -0.2) is 57.1 Å². The minimum atomic E-state index is -1.96. The molecule has 680 valence electrons. The molecule has 3 fully saturated rings. The minimum Gasteiger partial charge on any atom is -0.410 e. The standard InChI is InChI=1S/C31H42FN11OSi.C25H28FN11O.C18H31FN2OSi.C13H12ClN9/c1-20-26(35-11-10-34-20)27-37-29-23-19-36-42(28(23)38-30(33)43(29)39-27)17-14-40-12-15-41(16-13-40)25-18-22(8-9-24(25)32)21(2)44-45(6,7)31(3,4)5;1-15-21(29-6-5-28-15)22-31-24-18-14-30-36(23(18)32-25(27)37(24)33-22)12-9-34-7-10-35(11-8-34)20-13-17(16(2)38)3-4-19(20)26;1-14(22-23(5,6)18(2,3)4)15-7-8-16(19)17(13-15)21-11-9-20-10-12-21;1-7-9(17-4-3-16-7)10-19-12-8-6-18-22(5-2-14)11(8)20-13(15)23(12)21-10/h8-11,18-19,21H,12-17H2,1-7H3,(H2,33,38);3-6,13-14,16,38H,7-12H2,1-2H3,(H2,27,32);7-8,13-14,20H,9-12H2,1-6H3;3-4,6H,2,5H2,1H3,(H2,15,20)/t21-;16-;14-;/m111./s1. The number of nitrogen functional groups attached to an aromatic ring is 3. The molecule has 18 rings (SSSR count). The van der Waals surface area contributed by atoms with Crippen LogP contribution in [0.3, 0.4) is 0 Å². The molecule has 42 heteroatoms. The molecule has 36 nitrogen and oxygen atoms in total. The fourth-order valence-electron chi connectivity index (χ4n) is 15.4. The summed E-state index contributed by atoms with van der Waals surface area (Å²) in [4.78, 5) is 64.2. The van der Waals surface area contributed by atoms with E-state index in [0.29, 0.717) is 130 Å². The van der Waals surface area contributed by atoms with Gasteiger partial charge in [0.1, 0.15) is 34.5 Å². The summed E-state index contributed by atoms with van der Waals surface area (Å²) in [5.41, 5.74) is 30.8. The van der Waals surface area contributed by atoms with Gasteiger partial charge in [0.15, 0.2) is 50.5 Å². The number of aryl methyl sites for hydroxylation is 4. The fraction of sp³-hybridized carbons (Fsp3) is 0.448. The molecule has 0 bridgehead atoms. The Morgan fingerprint density at radius 1 is 0.426 bits per heavy atom. The first-order chi connectivity index (χ1) is 61.5. The van der Waals surface area contributed by atoms with Crippen LogP contribution in [0.5, 0.6) is 0 Å². The van der Waals surface area contributed by atoms with Crippen LogP contribution in [0.4, 0.5) is 48.1 Å². The number of anilines is 6. The first kappa shape index (κ1) is 91.8. The third-order valence-electron chi connectivity index (χ3n) is 24.9. The molecule has 0 saturated carbocycles. The van der Waals surface area contributed by atoms with Crippen molar-refractivity contribution in [2.24, 2.45) is 0 Å². The zero-order chi connectivity index (χ0) is 91.7. The monoisotopic (exact) mass is 1820 g/mol. The summed E-state index contributed by atoms with van der Waals surface area (Å²) in [5.74, 6) is 1.79. The molecule has 0 unspecified atom stereocenters. The van der Waals surface area contributed by atoms with Gasteiger partial charge in [0.05, 0.1) is 107 Å². The summed E-state index contributed by atoms with van der Waals surface area (Å²) < 4.78 is 66.7. The third-order valence-corrected chi connectivity index (χ3v) is 34.2. The van der Waals surface area contributed by atoms with E-state index in [-0.39, 0.29) is 57.6 Å². The zero-order valence-corrected chi connectivity index (χ0v) is 78.6. The number of benzene rings is 3. The first-order valence-electron chi connectivity index (χ1n) is 43.4. The number of aliphatic hydroxyl groups excluding tert-OH is 1. The lowest BCUT2D eigenvalue weighted by Crippen LogP contribution is -2.47. The van der Waals surface area contributed by atoms with Crippen molar-refractivity contribution in [1.82, 2.24) is 133 Å². The molecule has 3 aliphatic heterocycles. The largest absolute Gasteiger partial charge is 0.410 e. The predicted molar refractivity (Wildman–Crippen MR) is 499 cm³/mol. The molecule has 129 heavy (non-hydrogen) atoms. The van der Waals surface area contributed by atoms with Gasteiger partial charge in [0, 0.05) is 135 Å². The second-order valence-electron chi connectivity index (χ2n) is 35.6. The quantitative estimate of drug-likeness (QED) is 0.0329. The van der Waals surface area contributed by atoms with E-state index in [1.54, 1.807) is 91.6 Å². The van der Waals surface area contributed by atoms with Crippen LogP contribution in [0, 0.1) is 38.2 Å². The Kier molecular flexibility index (Phi) is 27.0. The number of nitrogens with one attached hydrogen (secondary N) is 1. The van der Waals surface area contributed by atoms with Crippen LogP contribution < -0.4 is 37.2 Å². The van der Waals surface area contributed by atoms with Crippen molar-refractivity contribution in [1.29, 1.82) is 0 Å². The van der Waals surface area contributed by atoms with E-state index in [0.717, 1.165) is 123 Å². The lowest BCUT2D eigenvalue weighted by atomic mass is 10.1. The van der Waals surface area contributed by atoms with E-state index in [4.69, 9.17) is 42.6 Å². The molecular formula is C87H113ClF3N33O3Si2. The van der Waals surface area contributed by atoms with E-state index in [2.05, 4.69) is 192 Å². The van der Waals surface area contributed by atoms with Gasteiger partial charge in [0.25, 0.3) is 0 Å². The summed E-state index contributed by atoms with van der Waals surface area (Å²) in [6, 6.07) is 15.6. The highest BCUT2D eigenvalue weighted by Gasteiger charge is 2.41. The average Bonchev–Trinajstić information content (AvgIpc) is 1.61. The number of rotatable bonds is 21. The molecule has 0 aliphatic carbocycles. The molecule has 8 N–H and O–H groups in total. The van der Waals surface area contributed by atoms with Crippen molar-refractivity contribution < 1.29 is 27.1 Å². The molecule has 3 saturated heterocycles. The maximum absolute atomic E-state index is 15.1. The molecule has 0 amide bonds. The van der Waals surface area contributed by atoms with Gasteiger partial charge in [-0.2, -0.15) is 43.8 Å². The molecule has 3 aromatic carbocycles. The molecular weight excluding hydrogens is 1700 g/mol. The van der Waals surface area contributed by atoms with Crippen LogP contribution in [0.1, 0.15) is 114 Å². The van der Waals surface area contributed by atoms with Gasteiger partial charge in [-0.05, 0) is 131 Å². The Morgan fingerprint density at radius 2 is 0.736 bits per heavy atom. The fourth-order valence-corrected chi connectivity index (χ4v) is 18.3. The second kappa shape index (κ2) is 38.0. The highest BCUT2D eigenvalue weighted by Crippen LogP contribution is 2.43. The number of aliphatic hydroxyl groups is 1. The Balaban J connectivity index is 0.000000138. The van der Waals surface area contributed by atoms with Crippen LogP contribution in [0.15, 0.2) is 110 Å². The molecule has 15 heterocycles. The zero-order valence-electron chi connectivity index (χ0n) is 75.8. The lowest BCUT2D eigenvalue weighted by molar-refractivity contribution is 0.199. The number of nitrogens with zero attached hydrogens (tertiary/aromatic N) is 29. The first-order valence-corrected chi connectivity index (χ1v) is 49.7. The topological polar surface area (TPSA) is 405 Å². The molecule has 0 radical (unpaired) electrons. The number of nitrogens with two attached hydrogens (primary N) is 3. The SMILES string of the molecule is C[C@@H](O[Si](C)(C)C(C)(C)C)c1ccc(F)c(N2CCNCC2)c1.Cc1nccnc1-c1nc2c3cnn(CCCl)c3nc(N)n2n1.Cc1nccnc1-c1nc2c3cnn(CCN4CCN(c5cc([C@@H](C)O)ccc5F)CC4)c3nc(N)n2n1.Cc1nccnc1-c1nc2c3cnn(CCN4CCN(c5cc([C@@H](C)O[Si](C)(C)C(C)(C)C)ccc5F)CC4)c3nc(N)n2n1. The van der Waals surface area contributed by atoms with Gasteiger partial charge in [0.2, 0.25) is 35.3 Å². The summed E-state index contributed by atoms with van der Waals surface area (Å²) in [5, 5.41) is 42.6. The number of alkyl halides is 1. The van der Waals surface area contributed by atoms with E-state index >= 15 is 4.39 Å². The number of halogens is 4. The maximum Gasteiger partial charge on any atom is 0.225 e. The van der Waals surface area contributed by atoms with E-state index < -0.39 is 22.7 Å². The van der Waals surface area contributed by atoms with Crippen molar-refractivity contribution in [3.8, 4) is 34.6 Å². The van der Waals surface area contributed by atoms with Gasteiger partial charge >= 0.3 is 0 Å². The van der Waals surface area contributed by atoms with Crippen LogP contribution in [0.25, 0.3) is 84.6 Å². The smallest absolute Gasteiger partial charge is 0.225 e. The number of fused-ring (bicyclic) bond motifs is 9. The summed E-state index contributed by atoms with van der Waals surface area (Å²) in [6.45, 7) is 46.6. The van der Waals surface area contributed by atoms with Gasteiger partial charge in [-0.1, -0.05) is 59.7 Å². The summed E-state index contributed by atoms with van der Waals surface area (Å²) in [7, 11) is -3.80. The Labute approximate surface area is 752 Å². The van der Waals surface area contributed by atoms with Crippen molar-refractivity contribution in [3.05, 3.63) is 162 Å². The second-order valence-corrected chi connectivity index (χ2v) is 45.5. The van der Waals surface area contributed by atoms with Crippen LogP contribution in [-0.2, 0) is 28.5 Å². The summed E-state index contributed by atoms with van der Waals surface area (Å²) in [6.07, 6.45) is 14.1. The highest BCUT2D eigenvalue weighted by atomic mass is 35.5. The number of aromatic nitrogens is 24. The van der Waals surface area contributed by atoms with Crippen LogP contribution in [-0.4, -0.2) is 247 Å². The van der Waals surface area contributed by atoms with Crippen molar-refractivity contribution in [2.75, 3.05) is 129 Å². The van der Waals surface area contributed by atoms with Crippen LogP contribution >= 0.6 is 11.6 Å². The Hall–Kier alpha value is -12.0. The molecule has 3 atom stereocenters. The molecule has 0 spiro atoms. The van der Waals surface area contributed by atoms with E-state index in [9.17, 15) is 13.9 Å². The van der Waals surface area contributed by atoms with Crippen LogP contribution in [0.2, 0.25) is 36.3 Å². The third kappa shape index (κ3) is 19.8. The number of piperazine rings is 3. The average molecular weight is 1820 g/mol. The number of hydrogen-bond acceptors (Lipinski definition) is 30. The summed E-state index contributed by atoms with van der Waals surface area (Å²) >= 11 is 5.78. The van der Waals surface area contributed by atoms with Gasteiger partial charge in [-0.3, -0.25) is 24.8 Å². The Bertz CT molecular complexity index is 6500. The van der Waals surface area contributed by atoms with E-state index in [1.807, 2.05) is 59.3 Å². The van der Waals surface area contributed by atoms with E-state index in [1.165, 1.54) is 19.6 Å². The minimum absolute atomic E-state index is 0.0156. The van der Waals surface area contributed by atoms with Crippen molar-refractivity contribution in [2.45, 2.75) is 157 Å². The molecule has 15 aromatic rings. The van der Waals surface area contributed by atoms with Crippen molar-refractivity contribution in [3.63, 3.8) is 0 Å². The normalized spacial score (nSPS) is 15.4.